The number of nitro benzene ring substituents is 1. The molecule has 1 rings (SSSR count). The van der Waals surface area contributed by atoms with Crippen LogP contribution in [0.25, 0.3) is 0 Å². The maximum Gasteiger partial charge on any atom is 0.336 e. The second kappa shape index (κ2) is 4.90. The monoisotopic (exact) mass is 207 g/mol. The van der Waals surface area contributed by atoms with Crippen molar-refractivity contribution in [1.29, 1.82) is 0 Å². The van der Waals surface area contributed by atoms with Gasteiger partial charge in [-0.1, -0.05) is 18.2 Å². The molecule has 78 valence electrons. The Kier molecular flexibility index (Phi) is 3.56. The lowest BCUT2D eigenvalue weighted by atomic mass is 10.3. The normalized spacial score (nSPS) is 10.2. The van der Waals surface area contributed by atoms with Gasteiger partial charge in [-0.05, 0) is 13.0 Å². The third-order valence-electron chi connectivity index (χ3n) is 1.58. The molecule has 0 aliphatic rings. The van der Waals surface area contributed by atoms with Crippen LogP contribution in [-0.4, -0.2) is 10.9 Å². The predicted molar refractivity (Wildman–Crippen MR) is 53.5 cm³/mol. The summed E-state index contributed by atoms with van der Waals surface area (Å²) in [6.07, 6.45) is 2.69. The molecule has 15 heavy (non-hydrogen) atoms. The molecule has 1 aromatic rings. The van der Waals surface area contributed by atoms with Gasteiger partial charge in [0.25, 0.3) is 0 Å². The molecule has 5 nitrogen and oxygen atoms in total. The molecule has 0 fully saturated rings. The standard InChI is InChI=1S/C10H9NO4/c1-2-5-10(12)15-9-7-4-3-6-8(9)11(13)14/h2-7H,1H3. The van der Waals surface area contributed by atoms with Gasteiger partial charge >= 0.3 is 11.7 Å². The van der Waals surface area contributed by atoms with Crippen molar-refractivity contribution in [1.82, 2.24) is 0 Å². The van der Waals surface area contributed by atoms with Crippen molar-refractivity contribution < 1.29 is 14.5 Å². The molecule has 0 unspecified atom stereocenters. The van der Waals surface area contributed by atoms with E-state index in [4.69, 9.17) is 4.74 Å². The molecule has 5 heteroatoms. The summed E-state index contributed by atoms with van der Waals surface area (Å²) in [7, 11) is 0. The average Bonchev–Trinajstić information content (AvgIpc) is 2.18. The maximum atomic E-state index is 11.1. The minimum Gasteiger partial charge on any atom is -0.416 e. The maximum absolute atomic E-state index is 11.1. The van der Waals surface area contributed by atoms with Crippen LogP contribution in [0.1, 0.15) is 6.92 Å². The van der Waals surface area contributed by atoms with Crippen molar-refractivity contribution in [2.45, 2.75) is 6.92 Å². The van der Waals surface area contributed by atoms with Gasteiger partial charge in [-0.2, -0.15) is 0 Å². The van der Waals surface area contributed by atoms with Gasteiger partial charge in [0.1, 0.15) is 0 Å². The fraction of sp³-hybridized carbons (Fsp3) is 0.100. The summed E-state index contributed by atoms with van der Waals surface area (Å²) >= 11 is 0. The van der Waals surface area contributed by atoms with E-state index >= 15 is 0 Å². The zero-order valence-corrected chi connectivity index (χ0v) is 8.04. The zero-order chi connectivity index (χ0) is 11.3. The number of para-hydroxylation sites is 2. The predicted octanol–water partition coefficient (Wildman–Crippen LogP) is 2.08. The van der Waals surface area contributed by atoms with Gasteiger partial charge in [-0.15, -0.1) is 0 Å². The first-order chi connectivity index (χ1) is 7.15. The minimum atomic E-state index is -0.633. The largest absolute Gasteiger partial charge is 0.416 e. The van der Waals surface area contributed by atoms with Crippen LogP contribution >= 0.6 is 0 Å². The summed E-state index contributed by atoms with van der Waals surface area (Å²) in [5.74, 6) is -0.683. The quantitative estimate of drug-likeness (QED) is 0.250. The fourth-order valence-corrected chi connectivity index (χ4v) is 0.973. The molecule has 0 aromatic heterocycles. The SMILES string of the molecule is CC=CC(=O)Oc1ccccc1[N+](=O)[O-]. The van der Waals surface area contributed by atoms with E-state index in [2.05, 4.69) is 0 Å². The Labute approximate surface area is 86.1 Å². The summed E-state index contributed by atoms with van der Waals surface area (Å²) in [6, 6.07) is 5.72. The Balaban J connectivity index is 2.94. The number of allylic oxidation sites excluding steroid dienone is 1. The molecular formula is C10H9NO4. The van der Waals surface area contributed by atoms with Crippen LogP contribution in [0, 0.1) is 10.1 Å². The highest BCUT2D eigenvalue weighted by atomic mass is 16.6. The van der Waals surface area contributed by atoms with E-state index in [1.807, 2.05) is 0 Å². The van der Waals surface area contributed by atoms with E-state index in [1.54, 1.807) is 13.0 Å². The van der Waals surface area contributed by atoms with Crippen LogP contribution in [0.2, 0.25) is 0 Å². The molecule has 0 atom stereocenters. The van der Waals surface area contributed by atoms with Crippen molar-refractivity contribution in [3.8, 4) is 5.75 Å². The zero-order valence-electron chi connectivity index (χ0n) is 8.04. The molecule has 0 saturated carbocycles. The van der Waals surface area contributed by atoms with Crippen LogP contribution < -0.4 is 4.74 Å². The Hall–Kier alpha value is -2.17. The van der Waals surface area contributed by atoms with Crippen LogP contribution in [0.4, 0.5) is 5.69 Å². The minimum absolute atomic E-state index is 0.0504. The van der Waals surface area contributed by atoms with Gasteiger partial charge in [0.15, 0.2) is 0 Å². The molecule has 1 aromatic carbocycles. The fourth-order valence-electron chi connectivity index (χ4n) is 0.973. The van der Waals surface area contributed by atoms with Crippen LogP contribution in [-0.2, 0) is 4.79 Å². The smallest absolute Gasteiger partial charge is 0.336 e. The topological polar surface area (TPSA) is 69.4 Å². The molecule has 0 amide bonds. The molecule has 0 N–H and O–H groups in total. The van der Waals surface area contributed by atoms with E-state index in [-0.39, 0.29) is 11.4 Å². The highest BCUT2D eigenvalue weighted by molar-refractivity contribution is 5.84. The number of carbonyl (C=O) groups excluding carboxylic acids is 1. The molecule has 0 bridgehead atoms. The molecule has 0 spiro atoms. The molecule has 0 heterocycles. The highest BCUT2D eigenvalue weighted by Crippen LogP contribution is 2.25. The number of nitrogens with zero attached hydrogens (tertiary/aromatic N) is 1. The van der Waals surface area contributed by atoms with Crippen molar-refractivity contribution in [3.63, 3.8) is 0 Å². The highest BCUT2D eigenvalue weighted by Gasteiger charge is 2.15. The molecule has 0 aliphatic heterocycles. The first-order valence-corrected chi connectivity index (χ1v) is 4.23. The number of hydrogen-bond acceptors (Lipinski definition) is 4. The summed E-state index contributed by atoms with van der Waals surface area (Å²) in [5, 5.41) is 10.6. The van der Waals surface area contributed by atoms with Crippen LogP contribution in [0.5, 0.6) is 5.75 Å². The number of esters is 1. The number of rotatable bonds is 3. The van der Waals surface area contributed by atoms with Gasteiger partial charge in [0.2, 0.25) is 5.75 Å². The lowest BCUT2D eigenvalue weighted by Gasteiger charge is -2.01. The van der Waals surface area contributed by atoms with Gasteiger partial charge in [-0.3, -0.25) is 10.1 Å². The van der Waals surface area contributed by atoms with Crippen molar-refractivity contribution >= 4 is 11.7 Å². The van der Waals surface area contributed by atoms with Crippen LogP contribution in [0.3, 0.4) is 0 Å². The number of benzene rings is 1. The third kappa shape index (κ3) is 2.91. The van der Waals surface area contributed by atoms with Gasteiger partial charge < -0.3 is 4.74 Å². The molecule has 0 aliphatic carbocycles. The Morgan fingerprint density at radius 3 is 2.73 bits per heavy atom. The first-order valence-electron chi connectivity index (χ1n) is 4.23. The third-order valence-corrected chi connectivity index (χ3v) is 1.58. The summed E-state index contributed by atoms with van der Waals surface area (Å²) in [6.45, 7) is 1.65. The summed E-state index contributed by atoms with van der Waals surface area (Å²) in [5.41, 5.74) is -0.227. The lowest BCUT2D eigenvalue weighted by molar-refractivity contribution is -0.385. The number of ether oxygens (including phenoxy) is 1. The van der Waals surface area contributed by atoms with E-state index in [1.165, 1.54) is 30.4 Å². The summed E-state index contributed by atoms with van der Waals surface area (Å²) in [4.78, 5) is 21.0. The Morgan fingerprint density at radius 1 is 1.47 bits per heavy atom. The number of hydrogen-bond donors (Lipinski definition) is 0. The second-order valence-corrected chi connectivity index (χ2v) is 2.65. The van der Waals surface area contributed by atoms with Crippen molar-refractivity contribution in [2.24, 2.45) is 0 Å². The Bertz CT molecular complexity index is 412. The van der Waals surface area contributed by atoms with Gasteiger partial charge in [-0.25, -0.2) is 4.79 Å². The van der Waals surface area contributed by atoms with Crippen LogP contribution in [0.15, 0.2) is 36.4 Å². The number of carbonyl (C=O) groups is 1. The van der Waals surface area contributed by atoms with Crippen molar-refractivity contribution in [2.75, 3.05) is 0 Å². The average molecular weight is 207 g/mol. The van der Waals surface area contributed by atoms with E-state index < -0.39 is 10.9 Å². The lowest BCUT2D eigenvalue weighted by Crippen LogP contribution is -2.05. The van der Waals surface area contributed by atoms with Gasteiger partial charge in [0.05, 0.1) is 4.92 Å². The van der Waals surface area contributed by atoms with Gasteiger partial charge in [0, 0.05) is 12.1 Å². The second-order valence-electron chi connectivity index (χ2n) is 2.65. The van der Waals surface area contributed by atoms with E-state index in [9.17, 15) is 14.9 Å². The first kappa shape index (κ1) is 10.9. The summed E-state index contributed by atoms with van der Waals surface area (Å²) < 4.78 is 4.78. The van der Waals surface area contributed by atoms with Crippen molar-refractivity contribution in [3.05, 3.63) is 46.5 Å². The Morgan fingerprint density at radius 2 is 2.13 bits per heavy atom. The number of nitro groups is 1. The molecule has 0 radical (unpaired) electrons. The molecular weight excluding hydrogens is 198 g/mol. The van der Waals surface area contributed by atoms with E-state index in [0.717, 1.165) is 0 Å². The molecule has 0 saturated heterocycles. The van der Waals surface area contributed by atoms with E-state index in [0.29, 0.717) is 0 Å².